The number of ether oxygens (including phenoxy) is 1. The van der Waals surface area contributed by atoms with E-state index in [1.807, 2.05) is 6.07 Å². The van der Waals surface area contributed by atoms with Gasteiger partial charge in [-0.15, -0.1) is 0 Å². The van der Waals surface area contributed by atoms with Crippen LogP contribution in [0.5, 0.6) is 11.5 Å². The van der Waals surface area contributed by atoms with Crippen molar-refractivity contribution in [3.63, 3.8) is 0 Å². The van der Waals surface area contributed by atoms with E-state index in [1.165, 1.54) is 64.5 Å². The smallest absolute Gasteiger partial charge is 0.179 e. The van der Waals surface area contributed by atoms with Gasteiger partial charge in [-0.2, -0.15) is 0 Å². The van der Waals surface area contributed by atoms with Crippen LogP contribution in [0.25, 0.3) is 60.5 Å². The van der Waals surface area contributed by atoms with Crippen molar-refractivity contribution in [2.45, 2.75) is 0 Å². The van der Waals surface area contributed by atoms with Crippen molar-refractivity contribution in [2.24, 2.45) is 0 Å². The van der Waals surface area contributed by atoms with Gasteiger partial charge in [-0.25, -0.2) is 0 Å². The van der Waals surface area contributed by atoms with Crippen molar-refractivity contribution in [1.29, 1.82) is 0 Å². The summed E-state index contributed by atoms with van der Waals surface area (Å²) in [5.41, 5.74) is 11.3. The van der Waals surface area contributed by atoms with E-state index in [0.717, 1.165) is 45.3 Å². The summed E-state index contributed by atoms with van der Waals surface area (Å²) in [6, 6.07) is 97.6. The number of hydrogen-bond acceptors (Lipinski definition) is 2. The lowest BCUT2D eigenvalue weighted by Crippen LogP contribution is -2.74. The van der Waals surface area contributed by atoms with E-state index in [9.17, 15) is 0 Å². The number of hydrogen-bond donors (Lipinski definition) is 0. The molecule has 68 heavy (non-hydrogen) atoms. The first-order valence-corrected chi connectivity index (χ1v) is 25.3. The highest BCUT2D eigenvalue weighted by Gasteiger charge is 2.41. The summed E-state index contributed by atoms with van der Waals surface area (Å²) in [5.74, 6) is 1.74. The van der Waals surface area contributed by atoms with Crippen molar-refractivity contribution < 1.29 is 4.74 Å². The molecule has 3 nitrogen and oxygen atoms in total. The molecule has 11 aromatic carbocycles. The molecule has 0 saturated carbocycles. The average molecular weight is 885 g/mol. The van der Waals surface area contributed by atoms with Gasteiger partial charge in [0.25, 0.3) is 0 Å². The van der Waals surface area contributed by atoms with Gasteiger partial charge in [0.05, 0.1) is 16.7 Å². The molecule has 0 unspecified atom stereocenters. The second-order valence-electron chi connectivity index (χ2n) is 17.6. The zero-order valence-corrected chi connectivity index (χ0v) is 38.2. The molecule has 12 aromatic rings. The van der Waals surface area contributed by atoms with Crippen LogP contribution >= 0.6 is 0 Å². The molecular weight excluding hydrogens is 841 g/mol. The van der Waals surface area contributed by atoms with Crippen LogP contribution in [0.3, 0.4) is 0 Å². The van der Waals surface area contributed by atoms with E-state index < -0.39 is 8.07 Å². The Labute approximate surface area is 397 Å². The van der Waals surface area contributed by atoms with Gasteiger partial charge < -0.3 is 14.2 Å². The van der Waals surface area contributed by atoms with Crippen LogP contribution in [0, 0.1) is 0 Å². The number of para-hydroxylation sites is 3. The number of fused-ring (bicyclic) bond motifs is 6. The monoisotopic (exact) mass is 884 g/mol. The van der Waals surface area contributed by atoms with Gasteiger partial charge in [0.2, 0.25) is 0 Å². The third-order valence-electron chi connectivity index (χ3n) is 13.9. The lowest BCUT2D eigenvalue weighted by molar-refractivity contribution is 0.476. The van der Waals surface area contributed by atoms with Crippen molar-refractivity contribution in [1.82, 2.24) is 4.57 Å². The van der Waals surface area contributed by atoms with E-state index in [1.54, 1.807) is 0 Å². The normalized spacial score (nSPS) is 11.9. The lowest BCUT2D eigenvalue weighted by Gasteiger charge is -2.35. The minimum atomic E-state index is -2.72. The lowest BCUT2D eigenvalue weighted by atomic mass is 9.98. The van der Waals surface area contributed by atoms with Gasteiger partial charge in [0.15, 0.2) is 19.6 Å². The third kappa shape index (κ3) is 6.41. The van der Waals surface area contributed by atoms with Crippen molar-refractivity contribution in [2.75, 3.05) is 4.90 Å². The molecule has 0 amide bonds. The quantitative estimate of drug-likeness (QED) is 0.106. The molecule has 320 valence electrons. The Balaban J connectivity index is 0.950. The molecular formula is C64H44N2OSi. The molecule has 13 rings (SSSR count). The molecule has 1 aromatic heterocycles. The molecule has 0 bridgehead atoms. The molecule has 1 aliphatic heterocycles. The van der Waals surface area contributed by atoms with Crippen LogP contribution in [0.4, 0.5) is 17.1 Å². The maximum absolute atomic E-state index is 6.55. The van der Waals surface area contributed by atoms with Crippen molar-refractivity contribution >= 4 is 78.5 Å². The maximum atomic E-state index is 6.55. The summed E-state index contributed by atoms with van der Waals surface area (Å²) in [6.07, 6.45) is 0. The fourth-order valence-corrected chi connectivity index (χ4v) is 15.6. The summed E-state index contributed by atoms with van der Waals surface area (Å²) in [6.45, 7) is 0. The number of aromatic nitrogens is 1. The topological polar surface area (TPSA) is 17.4 Å². The second kappa shape index (κ2) is 16.3. The van der Waals surface area contributed by atoms with Crippen LogP contribution in [-0.4, -0.2) is 12.6 Å². The first-order valence-electron chi connectivity index (χ1n) is 23.3. The van der Waals surface area contributed by atoms with E-state index in [0.29, 0.717) is 0 Å². The number of benzene rings is 11. The zero-order chi connectivity index (χ0) is 45.0. The minimum Gasteiger partial charge on any atom is -0.453 e. The van der Waals surface area contributed by atoms with Crippen molar-refractivity contribution in [3.8, 4) is 39.4 Å². The van der Waals surface area contributed by atoms with Crippen LogP contribution in [0.2, 0.25) is 0 Å². The first-order chi connectivity index (χ1) is 33.7. The van der Waals surface area contributed by atoms with Crippen molar-refractivity contribution in [3.05, 3.63) is 267 Å². The fourth-order valence-electron chi connectivity index (χ4n) is 10.8. The summed E-state index contributed by atoms with van der Waals surface area (Å²) < 4.78 is 8.92. The van der Waals surface area contributed by atoms with E-state index in [2.05, 4.69) is 270 Å². The first kappa shape index (κ1) is 39.6. The predicted octanol–water partition coefficient (Wildman–Crippen LogP) is 14.2. The fraction of sp³-hybridized carbons (Fsp3) is 0. The van der Waals surface area contributed by atoms with Gasteiger partial charge in [0.1, 0.15) is 0 Å². The van der Waals surface area contributed by atoms with Gasteiger partial charge in [-0.3, -0.25) is 0 Å². The van der Waals surface area contributed by atoms with Crippen LogP contribution in [0.15, 0.2) is 267 Å². The maximum Gasteiger partial charge on any atom is 0.179 e. The molecule has 2 heterocycles. The highest BCUT2D eigenvalue weighted by atomic mass is 28.3. The molecule has 0 N–H and O–H groups in total. The Morgan fingerprint density at radius 2 is 0.853 bits per heavy atom. The minimum absolute atomic E-state index is 0.867. The van der Waals surface area contributed by atoms with Crippen LogP contribution in [0.1, 0.15) is 0 Å². The average Bonchev–Trinajstić information content (AvgIpc) is 3.77. The molecule has 0 spiro atoms. The Morgan fingerprint density at radius 3 is 1.50 bits per heavy atom. The number of rotatable bonds is 9. The van der Waals surface area contributed by atoms with Crippen LogP contribution in [-0.2, 0) is 0 Å². The Hall–Kier alpha value is -8.70. The molecule has 1 aliphatic rings. The summed E-state index contributed by atoms with van der Waals surface area (Å²) in [4.78, 5) is 2.39. The Morgan fingerprint density at radius 1 is 0.353 bits per heavy atom. The summed E-state index contributed by atoms with van der Waals surface area (Å²) in [5, 5.41) is 10.3. The van der Waals surface area contributed by atoms with E-state index in [-0.39, 0.29) is 0 Å². The third-order valence-corrected chi connectivity index (χ3v) is 18.7. The van der Waals surface area contributed by atoms with Gasteiger partial charge in [0, 0.05) is 27.8 Å². The van der Waals surface area contributed by atoms with E-state index >= 15 is 0 Å². The van der Waals surface area contributed by atoms with E-state index in [4.69, 9.17) is 4.74 Å². The van der Waals surface area contributed by atoms with Gasteiger partial charge >= 0.3 is 0 Å². The number of nitrogens with zero attached hydrogens (tertiary/aromatic N) is 2. The standard InChI is InChI=1S/C64H44N2OSi/c1-4-18-53(19-5-1)68(54-20-6-2-7-21-54,55-22-8-3-9-23-55)56-40-38-52(39-41-56)65(50-34-30-46(31-35-50)49-29-28-45-16-10-11-17-48(45)44-49)51-36-32-47(33-37-51)57-42-43-62-64-63(57)58-24-12-13-25-59(58)66(64)60-26-14-15-27-61(60)67-62/h1-44H. The molecule has 4 heteroatoms. The highest BCUT2D eigenvalue weighted by molar-refractivity contribution is 7.19. The Bertz CT molecular complexity index is 3700. The predicted molar refractivity (Wildman–Crippen MR) is 288 cm³/mol. The summed E-state index contributed by atoms with van der Waals surface area (Å²) >= 11 is 0. The second-order valence-corrected chi connectivity index (χ2v) is 21.5. The largest absolute Gasteiger partial charge is 0.453 e. The number of anilines is 3. The molecule has 0 fully saturated rings. The summed E-state index contributed by atoms with van der Waals surface area (Å²) in [7, 11) is -2.72. The molecule has 0 radical (unpaired) electrons. The zero-order valence-electron chi connectivity index (χ0n) is 37.2. The van der Waals surface area contributed by atoms with Crippen LogP contribution < -0.4 is 30.4 Å². The van der Waals surface area contributed by atoms with Gasteiger partial charge in [-0.05, 0) is 127 Å². The SMILES string of the molecule is c1ccc([Si](c2ccccc2)(c2ccccc2)c2ccc(N(c3ccc(-c4ccc5ccccc5c4)cc3)c3ccc(-c4ccc5c6c4c4ccccc4n6-c4ccccc4O5)cc3)cc2)cc1. The Kier molecular flexibility index (Phi) is 9.51. The highest BCUT2D eigenvalue weighted by Crippen LogP contribution is 2.48. The molecule has 0 saturated heterocycles. The molecule has 0 atom stereocenters. The molecule has 0 aliphatic carbocycles. The van der Waals surface area contributed by atoms with Gasteiger partial charge in [-0.1, -0.05) is 194 Å².